The third-order valence-electron chi connectivity index (χ3n) is 5.24. The predicted molar refractivity (Wildman–Crippen MR) is 120 cm³/mol. The average Bonchev–Trinajstić information content (AvgIpc) is 2.98. The number of carbonyl (C=O) groups is 4. The van der Waals surface area contributed by atoms with Gasteiger partial charge in [0.05, 0.1) is 31.8 Å². The smallest absolute Gasteiger partial charge is 0.333 e. The maximum Gasteiger partial charge on any atom is 0.333 e. The molecule has 1 aliphatic heterocycles. The predicted octanol–water partition coefficient (Wildman–Crippen LogP) is 1.74. The van der Waals surface area contributed by atoms with Crippen molar-refractivity contribution >= 4 is 23.7 Å². The summed E-state index contributed by atoms with van der Waals surface area (Å²) < 4.78 is 10.7. The first-order valence-electron chi connectivity index (χ1n) is 11.3. The molecule has 10 heteroatoms. The summed E-state index contributed by atoms with van der Waals surface area (Å²) in [5.74, 6) is -1.83. The van der Waals surface area contributed by atoms with E-state index in [0.29, 0.717) is 24.4 Å². The van der Waals surface area contributed by atoms with Gasteiger partial charge in [0.1, 0.15) is 6.61 Å². The monoisotopic (exact) mass is 472 g/mol. The molecule has 0 aromatic carbocycles. The number of imide groups is 1. The number of hydroxylamine groups is 2. The largest absolute Gasteiger partial charge is 0.393 e. The number of nitrogens with one attached hydrogen (secondary N) is 1. The van der Waals surface area contributed by atoms with Gasteiger partial charge in [-0.2, -0.15) is 0 Å². The van der Waals surface area contributed by atoms with Crippen molar-refractivity contribution in [2.24, 2.45) is 10.8 Å². The maximum atomic E-state index is 12.3. The van der Waals surface area contributed by atoms with Gasteiger partial charge in [-0.25, -0.2) is 4.79 Å². The Morgan fingerprint density at radius 1 is 1.00 bits per heavy atom. The third kappa shape index (κ3) is 11.6. The van der Waals surface area contributed by atoms with E-state index in [1.54, 1.807) is 13.8 Å². The molecule has 0 atom stereocenters. The van der Waals surface area contributed by atoms with Crippen LogP contribution in [0.4, 0.5) is 0 Å². The number of rotatable bonds is 15. The van der Waals surface area contributed by atoms with Crippen LogP contribution in [0.5, 0.6) is 0 Å². The second-order valence-corrected chi connectivity index (χ2v) is 10.6. The SMILES string of the molecule is CC(C)(CCNC(=O)COCCOC(C)(C)CO)CC(C)(C)CC(=O)ON1C(=O)CCC1=O. The molecule has 2 N–H and O–H groups in total. The standard InChI is InChI=1S/C23H40N2O8/c1-21(2,9-10-24-17(27)14-31-11-12-32-23(5,6)16-26)15-22(3,4)13-20(30)33-25-18(28)7-8-19(25)29/h26H,7-16H2,1-6H3,(H,24,27). The number of hydrogen-bond acceptors (Lipinski definition) is 8. The Labute approximate surface area is 196 Å². The van der Waals surface area contributed by atoms with E-state index in [0.717, 1.165) is 0 Å². The molecule has 0 bridgehead atoms. The Kier molecular flexibility index (Phi) is 10.9. The van der Waals surface area contributed by atoms with Crippen LogP contribution in [0.1, 0.15) is 73.6 Å². The van der Waals surface area contributed by atoms with Crippen LogP contribution in [0.2, 0.25) is 0 Å². The molecule has 0 spiro atoms. The van der Waals surface area contributed by atoms with Crippen LogP contribution in [0.3, 0.4) is 0 Å². The first-order chi connectivity index (χ1) is 15.2. The fourth-order valence-electron chi connectivity index (χ4n) is 3.81. The lowest BCUT2D eigenvalue weighted by Crippen LogP contribution is -2.35. The molecule has 0 unspecified atom stereocenters. The summed E-state index contributed by atoms with van der Waals surface area (Å²) in [5, 5.41) is 12.5. The highest BCUT2D eigenvalue weighted by Crippen LogP contribution is 2.38. The fraction of sp³-hybridized carbons (Fsp3) is 0.826. The lowest BCUT2D eigenvalue weighted by atomic mass is 9.72. The van der Waals surface area contributed by atoms with Gasteiger partial charge in [0.25, 0.3) is 11.8 Å². The Morgan fingerprint density at radius 3 is 2.18 bits per heavy atom. The molecule has 0 radical (unpaired) electrons. The van der Waals surface area contributed by atoms with E-state index >= 15 is 0 Å². The summed E-state index contributed by atoms with van der Waals surface area (Å²) in [7, 11) is 0. The molecule has 1 fully saturated rings. The molecule has 1 aliphatic rings. The Morgan fingerprint density at radius 2 is 1.61 bits per heavy atom. The van der Waals surface area contributed by atoms with Gasteiger partial charge in [0, 0.05) is 19.4 Å². The molecule has 3 amide bonds. The summed E-state index contributed by atoms with van der Waals surface area (Å²) in [6, 6.07) is 0. The van der Waals surface area contributed by atoms with Crippen molar-refractivity contribution in [1.82, 2.24) is 10.4 Å². The molecule has 0 saturated carbocycles. The first-order valence-corrected chi connectivity index (χ1v) is 11.3. The zero-order valence-electron chi connectivity index (χ0n) is 20.8. The number of carbonyl (C=O) groups excluding carboxylic acids is 4. The van der Waals surface area contributed by atoms with Gasteiger partial charge in [0.2, 0.25) is 5.91 Å². The van der Waals surface area contributed by atoms with Gasteiger partial charge in [0.15, 0.2) is 0 Å². The molecule has 10 nitrogen and oxygen atoms in total. The van der Waals surface area contributed by atoms with Crippen LogP contribution in [0, 0.1) is 10.8 Å². The number of ether oxygens (including phenoxy) is 2. The van der Waals surface area contributed by atoms with Crippen molar-refractivity contribution < 1.29 is 38.6 Å². The second kappa shape index (κ2) is 12.4. The highest BCUT2D eigenvalue weighted by molar-refractivity contribution is 6.01. The number of aliphatic hydroxyl groups is 1. The van der Waals surface area contributed by atoms with Crippen molar-refractivity contribution in [2.75, 3.05) is 33.0 Å². The van der Waals surface area contributed by atoms with Gasteiger partial charge in [-0.1, -0.05) is 27.7 Å². The van der Waals surface area contributed by atoms with E-state index in [4.69, 9.17) is 19.4 Å². The third-order valence-corrected chi connectivity index (χ3v) is 5.24. The van der Waals surface area contributed by atoms with E-state index in [1.807, 2.05) is 13.8 Å². The molecule has 1 rings (SSSR count). The number of aliphatic hydroxyl groups excluding tert-OH is 1. The van der Waals surface area contributed by atoms with Gasteiger partial charge < -0.3 is 24.7 Å². The minimum Gasteiger partial charge on any atom is -0.393 e. The summed E-state index contributed by atoms with van der Waals surface area (Å²) in [6.45, 7) is 12.3. The van der Waals surface area contributed by atoms with Crippen LogP contribution < -0.4 is 5.32 Å². The Hall–Kier alpha value is -2.04. The van der Waals surface area contributed by atoms with Crippen LogP contribution >= 0.6 is 0 Å². The Bertz CT molecular complexity index is 687. The van der Waals surface area contributed by atoms with Gasteiger partial charge in [-0.05, 0) is 37.5 Å². The van der Waals surface area contributed by atoms with Gasteiger partial charge in [-0.15, -0.1) is 5.06 Å². The zero-order valence-corrected chi connectivity index (χ0v) is 20.8. The summed E-state index contributed by atoms with van der Waals surface area (Å²) in [5.41, 5.74) is -1.24. The highest BCUT2D eigenvalue weighted by Gasteiger charge is 2.36. The lowest BCUT2D eigenvalue weighted by Gasteiger charge is -2.34. The number of hydrogen-bond donors (Lipinski definition) is 2. The molecular formula is C23H40N2O8. The zero-order chi connectivity index (χ0) is 25.3. The topological polar surface area (TPSA) is 131 Å². The molecule has 0 aromatic heterocycles. The van der Waals surface area contributed by atoms with Gasteiger partial charge >= 0.3 is 5.97 Å². The van der Waals surface area contributed by atoms with Crippen molar-refractivity contribution in [3.8, 4) is 0 Å². The van der Waals surface area contributed by atoms with Crippen molar-refractivity contribution in [2.45, 2.75) is 79.2 Å². The Balaban J connectivity index is 2.30. The highest BCUT2D eigenvalue weighted by atomic mass is 16.7. The molecule has 0 aliphatic carbocycles. The van der Waals surface area contributed by atoms with Crippen molar-refractivity contribution in [1.29, 1.82) is 0 Å². The van der Waals surface area contributed by atoms with Crippen molar-refractivity contribution in [3.63, 3.8) is 0 Å². The van der Waals surface area contributed by atoms with E-state index in [2.05, 4.69) is 19.2 Å². The summed E-state index contributed by atoms with van der Waals surface area (Å²) in [4.78, 5) is 52.4. The second-order valence-electron chi connectivity index (χ2n) is 10.6. The van der Waals surface area contributed by atoms with Crippen LogP contribution in [-0.4, -0.2) is 72.4 Å². The van der Waals surface area contributed by atoms with Crippen LogP contribution in [0.15, 0.2) is 0 Å². The van der Waals surface area contributed by atoms with E-state index in [-0.39, 0.29) is 57.0 Å². The van der Waals surface area contributed by atoms with Crippen molar-refractivity contribution in [3.05, 3.63) is 0 Å². The lowest BCUT2D eigenvalue weighted by molar-refractivity contribution is -0.199. The molecule has 0 aromatic rings. The normalized spacial score (nSPS) is 15.2. The maximum absolute atomic E-state index is 12.3. The number of amides is 3. The molecular weight excluding hydrogens is 432 g/mol. The first kappa shape index (κ1) is 29.0. The number of nitrogens with zero attached hydrogens (tertiary/aromatic N) is 1. The van der Waals surface area contributed by atoms with Crippen LogP contribution in [0.25, 0.3) is 0 Å². The summed E-state index contributed by atoms with van der Waals surface area (Å²) in [6.07, 6.45) is 1.54. The minimum absolute atomic E-state index is 0.0584. The molecule has 1 heterocycles. The van der Waals surface area contributed by atoms with Gasteiger partial charge in [-0.3, -0.25) is 14.4 Å². The van der Waals surface area contributed by atoms with Crippen LogP contribution in [-0.2, 0) is 33.5 Å². The molecule has 33 heavy (non-hydrogen) atoms. The van der Waals surface area contributed by atoms with E-state index in [9.17, 15) is 19.2 Å². The van der Waals surface area contributed by atoms with E-state index in [1.165, 1.54) is 0 Å². The minimum atomic E-state index is -0.634. The van der Waals surface area contributed by atoms with E-state index < -0.39 is 28.8 Å². The molecule has 190 valence electrons. The average molecular weight is 473 g/mol. The molecule has 1 saturated heterocycles. The fourth-order valence-corrected chi connectivity index (χ4v) is 3.81. The summed E-state index contributed by atoms with van der Waals surface area (Å²) >= 11 is 0. The quantitative estimate of drug-likeness (QED) is 0.272.